The molecule has 3 heteroatoms. The van der Waals surface area contributed by atoms with Gasteiger partial charge < -0.3 is 5.73 Å². The van der Waals surface area contributed by atoms with E-state index >= 15 is 0 Å². The van der Waals surface area contributed by atoms with E-state index in [9.17, 15) is 0 Å². The number of nitrogens with two attached hydrogens (primary N) is 1. The normalized spacial score (nSPS) is 12.7. The summed E-state index contributed by atoms with van der Waals surface area (Å²) in [4.78, 5) is 4.28. The van der Waals surface area contributed by atoms with E-state index in [1.807, 2.05) is 11.6 Å². The molecule has 2 aromatic rings. The molecule has 16 heavy (non-hydrogen) atoms. The van der Waals surface area contributed by atoms with Crippen molar-refractivity contribution in [1.82, 2.24) is 4.98 Å². The van der Waals surface area contributed by atoms with E-state index in [0.29, 0.717) is 0 Å². The van der Waals surface area contributed by atoms with Crippen molar-refractivity contribution >= 4 is 11.3 Å². The van der Waals surface area contributed by atoms with Crippen molar-refractivity contribution in [2.24, 2.45) is 5.73 Å². The Morgan fingerprint density at radius 2 is 2.00 bits per heavy atom. The van der Waals surface area contributed by atoms with Crippen molar-refractivity contribution < 1.29 is 0 Å². The lowest BCUT2D eigenvalue weighted by Crippen LogP contribution is -2.16. The molecule has 1 aromatic heterocycles. The molecular formula is C13H16N2S. The molecule has 0 spiro atoms. The Hall–Kier alpha value is -1.19. The molecule has 1 unspecified atom stereocenters. The maximum Gasteiger partial charge on any atom is 0.0943 e. The quantitative estimate of drug-likeness (QED) is 0.883. The van der Waals surface area contributed by atoms with Gasteiger partial charge in [0, 0.05) is 24.0 Å². The molecule has 0 radical (unpaired) electrons. The van der Waals surface area contributed by atoms with E-state index in [-0.39, 0.29) is 6.04 Å². The van der Waals surface area contributed by atoms with E-state index in [1.165, 1.54) is 16.7 Å². The monoisotopic (exact) mass is 232 g/mol. The number of hydrogen-bond donors (Lipinski definition) is 1. The second-order valence-electron chi connectivity index (χ2n) is 4.04. The van der Waals surface area contributed by atoms with Crippen molar-refractivity contribution in [3.63, 3.8) is 0 Å². The summed E-state index contributed by atoms with van der Waals surface area (Å²) < 4.78 is 0. The zero-order valence-corrected chi connectivity index (χ0v) is 10.4. The van der Waals surface area contributed by atoms with Gasteiger partial charge in [0.05, 0.1) is 5.01 Å². The molecule has 2 rings (SSSR count). The van der Waals surface area contributed by atoms with E-state index in [0.717, 1.165) is 11.4 Å². The fourth-order valence-corrected chi connectivity index (χ4v) is 2.73. The summed E-state index contributed by atoms with van der Waals surface area (Å²) in [6.45, 7) is 4.23. The van der Waals surface area contributed by atoms with Crippen LogP contribution in [0.15, 0.2) is 29.8 Å². The second kappa shape index (κ2) is 4.76. The Kier molecular flexibility index (Phi) is 3.36. The standard InChI is InChI=1S/C13H16N2S/c1-9-4-3-5-10(2)13(9)11(14)8-12-15-6-7-16-12/h3-7,11H,8,14H2,1-2H3. The zero-order valence-electron chi connectivity index (χ0n) is 9.60. The lowest BCUT2D eigenvalue weighted by atomic mass is 9.95. The summed E-state index contributed by atoms with van der Waals surface area (Å²) in [7, 11) is 0. The van der Waals surface area contributed by atoms with E-state index < -0.39 is 0 Å². The summed E-state index contributed by atoms with van der Waals surface area (Å²) in [5.41, 5.74) is 10.1. The van der Waals surface area contributed by atoms with Gasteiger partial charge in [0.1, 0.15) is 0 Å². The predicted molar refractivity (Wildman–Crippen MR) is 68.7 cm³/mol. The van der Waals surface area contributed by atoms with Crippen LogP contribution in [0.25, 0.3) is 0 Å². The molecule has 0 fully saturated rings. The number of nitrogens with zero attached hydrogens (tertiary/aromatic N) is 1. The van der Waals surface area contributed by atoms with Gasteiger partial charge in [-0.2, -0.15) is 0 Å². The molecule has 0 aliphatic heterocycles. The predicted octanol–water partition coefficient (Wildman–Crippen LogP) is 3.00. The van der Waals surface area contributed by atoms with Gasteiger partial charge in [-0.05, 0) is 30.5 Å². The lowest BCUT2D eigenvalue weighted by molar-refractivity contribution is 0.707. The van der Waals surface area contributed by atoms with Crippen LogP contribution in [-0.4, -0.2) is 4.98 Å². The van der Waals surface area contributed by atoms with E-state index in [2.05, 4.69) is 37.0 Å². The third-order valence-corrected chi connectivity index (χ3v) is 3.59. The van der Waals surface area contributed by atoms with Crippen LogP contribution in [0.3, 0.4) is 0 Å². The number of thiazole rings is 1. The van der Waals surface area contributed by atoms with Crippen LogP contribution < -0.4 is 5.73 Å². The van der Waals surface area contributed by atoms with E-state index in [1.54, 1.807) is 11.3 Å². The van der Waals surface area contributed by atoms with Crippen LogP contribution >= 0.6 is 11.3 Å². The first-order valence-electron chi connectivity index (χ1n) is 5.38. The number of benzene rings is 1. The maximum absolute atomic E-state index is 6.25. The fourth-order valence-electron chi connectivity index (χ4n) is 2.06. The summed E-state index contributed by atoms with van der Waals surface area (Å²) in [5, 5.41) is 3.10. The van der Waals surface area contributed by atoms with Crippen LogP contribution in [0.1, 0.15) is 27.7 Å². The SMILES string of the molecule is Cc1cccc(C)c1C(N)Cc1nccs1. The molecule has 1 heterocycles. The largest absolute Gasteiger partial charge is 0.324 e. The Bertz CT molecular complexity index is 443. The Morgan fingerprint density at radius 3 is 2.56 bits per heavy atom. The molecule has 0 amide bonds. The highest BCUT2D eigenvalue weighted by Gasteiger charge is 2.13. The molecular weight excluding hydrogens is 216 g/mol. The summed E-state index contributed by atoms with van der Waals surface area (Å²) >= 11 is 1.67. The lowest BCUT2D eigenvalue weighted by Gasteiger charge is -2.16. The highest BCUT2D eigenvalue weighted by molar-refractivity contribution is 7.09. The molecule has 0 saturated heterocycles. The van der Waals surface area contributed by atoms with Gasteiger partial charge in [0.25, 0.3) is 0 Å². The molecule has 1 aromatic carbocycles. The molecule has 84 valence electrons. The molecule has 0 bridgehead atoms. The Balaban J connectivity index is 2.24. The Labute approximate surface area is 100 Å². The zero-order chi connectivity index (χ0) is 11.5. The van der Waals surface area contributed by atoms with Gasteiger partial charge in [-0.3, -0.25) is 0 Å². The minimum absolute atomic E-state index is 0.0485. The van der Waals surface area contributed by atoms with Crippen molar-refractivity contribution in [1.29, 1.82) is 0 Å². The molecule has 2 N–H and O–H groups in total. The van der Waals surface area contributed by atoms with Crippen LogP contribution in [-0.2, 0) is 6.42 Å². The van der Waals surface area contributed by atoms with Crippen molar-refractivity contribution in [3.05, 3.63) is 51.5 Å². The van der Waals surface area contributed by atoms with Crippen LogP contribution in [0, 0.1) is 13.8 Å². The van der Waals surface area contributed by atoms with Crippen molar-refractivity contribution in [2.45, 2.75) is 26.3 Å². The third-order valence-electron chi connectivity index (χ3n) is 2.79. The fraction of sp³-hybridized carbons (Fsp3) is 0.308. The first kappa shape index (κ1) is 11.3. The first-order valence-corrected chi connectivity index (χ1v) is 6.26. The molecule has 2 nitrogen and oxygen atoms in total. The van der Waals surface area contributed by atoms with Gasteiger partial charge in [-0.15, -0.1) is 11.3 Å². The highest BCUT2D eigenvalue weighted by atomic mass is 32.1. The first-order chi connectivity index (χ1) is 7.68. The second-order valence-corrected chi connectivity index (χ2v) is 5.02. The molecule has 0 saturated carbocycles. The number of hydrogen-bond acceptors (Lipinski definition) is 3. The molecule has 0 aliphatic rings. The van der Waals surface area contributed by atoms with Gasteiger partial charge in [0.15, 0.2) is 0 Å². The van der Waals surface area contributed by atoms with Crippen molar-refractivity contribution in [3.8, 4) is 0 Å². The number of aryl methyl sites for hydroxylation is 2. The summed E-state index contributed by atoms with van der Waals surface area (Å²) in [6.07, 6.45) is 2.65. The van der Waals surface area contributed by atoms with Crippen LogP contribution in [0.2, 0.25) is 0 Å². The topological polar surface area (TPSA) is 38.9 Å². The van der Waals surface area contributed by atoms with Gasteiger partial charge in [0.2, 0.25) is 0 Å². The average Bonchev–Trinajstić information content (AvgIpc) is 2.70. The Morgan fingerprint density at radius 1 is 1.31 bits per heavy atom. The van der Waals surface area contributed by atoms with E-state index in [4.69, 9.17) is 5.73 Å². The van der Waals surface area contributed by atoms with Gasteiger partial charge in [-0.1, -0.05) is 18.2 Å². The minimum atomic E-state index is 0.0485. The third kappa shape index (κ3) is 2.31. The summed E-state index contributed by atoms with van der Waals surface area (Å²) in [6, 6.07) is 6.35. The smallest absolute Gasteiger partial charge is 0.0943 e. The van der Waals surface area contributed by atoms with Crippen molar-refractivity contribution in [2.75, 3.05) is 0 Å². The average molecular weight is 232 g/mol. The number of rotatable bonds is 3. The maximum atomic E-state index is 6.25. The highest BCUT2D eigenvalue weighted by Crippen LogP contribution is 2.23. The summed E-state index contributed by atoms with van der Waals surface area (Å²) in [5.74, 6) is 0. The minimum Gasteiger partial charge on any atom is -0.324 e. The van der Waals surface area contributed by atoms with Crippen LogP contribution in [0.4, 0.5) is 0 Å². The number of aromatic nitrogens is 1. The van der Waals surface area contributed by atoms with Gasteiger partial charge in [-0.25, -0.2) is 4.98 Å². The molecule has 1 atom stereocenters. The molecule has 0 aliphatic carbocycles. The van der Waals surface area contributed by atoms with Gasteiger partial charge >= 0.3 is 0 Å². The van der Waals surface area contributed by atoms with Crippen LogP contribution in [0.5, 0.6) is 0 Å².